The Morgan fingerprint density at radius 1 is 1.20 bits per heavy atom. The summed E-state index contributed by atoms with van der Waals surface area (Å²) in [6, 6.07) is 2.70. The second-order valence-corrected chi connectivity index (χ2v) is 11.5. The van der Waals surface area contributed by atoms with Crippen LogP contribution in [-0.2, 0) is 15.6 Å². The highest BCUT2D eigenvalue weighted by Gasteiger charge is 2.29. The van der Waals surface area contributed by atoms with E-state index in [1.54, 1.807) is 26.8 Å². The van der Waals surface area contributed by atoms with Crippen molar-refractivity contribution < 1.29 is 18.3 Å². The van der Waals surface area contributed by atoms with Crippen LogP contribution in [0.25, 0.3) is 0 Å². The number of aromatic nitrogens is 1. The number of nitrogens with zero attached hydrogens (tertiary/aromatic N) is 1. The minimum Gasteiger partial charge on any atom is -0.385 e. The zero-order valence-electron chi connectivity index (χ0n) is 18.1. The molecule has 0 radical (unpaired) electrons. The van der Waals surface area contributed by atoms with E-state index in [0.29, 0.717) is 21.3 Å². The van der Waals surface area contributed by atoms with Crippen molar-refractivity contribution in [2.75, 3.05) is 5.32 Å². The Balaban J connectivity index is 2.37. The van der Waals surface area contributed by atoms with Crippen LogP contribution >= 0.6 is 22.9 Å². The molecule has 30 heavy (non-hydrogen) atoms. The summed E-state index contributed by atoms with van der Waals surface area (Å²) in [6.45, 7) is 12.5. The van der Waals surface area contributed by atoms with Crippen LogP contribution in [0.3, 0.4) is 0 Å². The van der Waals surface area contributed by atoms with E-state index in [1.165, 1.54) is 0 Å². The highest BCUT2D eigenvalue weighted by Crippen LogP contribution is 2.37. The molecule has 1 aromatic carbocycles. The number of sulfonamides is 1. The van der Waals surface area contributed by atoms with Crippen molar-refractivity contribution in [3.63, 3.8) is 0 Å². The first-order valence-corrected chi connectivity index (χ1v) is 12.2. The van der Waals surface area contributed by atoms with E-state index in [4.69, 9.17) is 11.6 Å². The number of carbonyl (C=O) groups is 1. The Morgan fingerprint density at radius 3 is 2.27 bits per heavy atom. The van der Waals surface area contributed by atoms with Gasteiger partial charge < -0.3 is 10.4 Å². The number of amides is 2. The highest BCUT2D eigenvalue weighted by atomic mass is 35.5. The summed E-state index contributed by atoms with van der Waals surface area (Å²) in [6.07, 6.45) is 0. The predicted molar refractivity (Wildman–Crippen MR) is 121 cm³/mol. The van der Waals surface area contributed by atoms with Gasteiger partial charge in [-0.05, 0) is 49.8 Å². The van der Waals surface area contributed by atoms with Crippen LogP contribution in [0.15, 0.2) is 16.5 Å². The van der Waals surface area contributed by atoms with Crippen LogP contribution in [0.1, 0.15) is 75.1 Å². The van der Waals surface area contributed by atoms with Crippen molar-refractivity contribution in [2.45, 2.75) is 70.2 Å². The fourth-order valence-electron chi connectivity index (χ4n) is 3.16. The summed E-state index contributed by atoms with van der Waals surface area (Å²) < 4.78 is 27.1. The summed E-state index contributed by atoms with van der Waals surface area (Å²) >= 11 is 7.18. The molecule has 0 bridgehead atoms. The van der Waals surface area contributed by atoms with Gasteiger partial charge in [-0.15, -0.1) is 11.3 Å². The van der Waals surface area contributed by atoms with Gasteiger partial charge in [0.1, 0.15) is 0 Å². The van der Waals surface area contributed by atoms with Crippen molar-refractivity contribution in [2.24, 2.45) is 0 Å². The van der Waals surface area contributed by atoms with E-state index in [2.05, 4.69) is 10.3 Å². The van der Waals surface area contributed by atoms with Crippen molar-refractivity contribution >= 4 is 44.7 Å². The molecule has 0 spiro atoms. The minimum absolute atomic E-state index is 0.0130. The van der Waals surface area contributed by atoms with Crippen LogP contribution in [0, 0.1) is 6.92 Å². The SMILES string of the molecule is Cc1nc(S(=O)(=O)NC(=O)Nc2c(C(C)C)ccc(Cl)c2C(C)C)sc1C(C)(C)O. The largest absolute Gasteiger partial charge is 0.385 e. The van der Waals surface area contributed by atoms with Gasteiger partial charge in [-0.25, -0.2) is 14.5 Å². The summed E-state index contributed by atoms with van der Waals surface area (Å²) in [5, 5.41) is 13.4. The van der Waals surface area contributed by atoms with Gasteiger partial charge in [0.05, 0.1) is 21.9 Å². The summed E-state index contributed by atoms with van der Waals surface area (Å²) in [4.78, 5) is 17.1. The Labute approximate surface area is 186 Å². The molecule has 2 aromatic rings. The summed E-state index contributed by atoms with van der Waals surface area (Å²) in [7, 11) is -4.22. The van der Waals surface area contributed by atoms with Crippen molar-refractivity contribution in [3.8, 4) is 0 Å². The van der Waals surface area contributed by atoms with Gasteiger partial charge in [0.25, 0.3) is 10.0 Å². The molecule has 1 aromatic heterocycles. The first-order chi connectivity index (χ1) is 13.6. The third-order valence-corrected chi connectivity index (χ3v) is 7.96. The second-order valence-electron chi connectivity index (χ2n) is 8.25. The molecule has 2 amide bonds. The fraction of sp³-hybridized carbons (Fsp3) is 0.500. The van der Waals surface area contributed by atoms with E-state index in [0.717, 1.165) is 22.5 Å². The number of benzene rings is 1. The maximum absolute atomic E-state index is 12.7. The van der Waals surface area contributed by atoms with Gasteiger partial charge in [-0.3, -0.25) is 0 Å². The molecule has 10 heteroatoms. The topological polar surface area (TPSA) is 108 Å². The molecule has 1 heterocycles. The Kier molecular flexibility index (Phi) is 7.23. The van der Waals surface area contributed by atoms with Crippen LogP contribution in [-0.4, -0.2) is 24.5 Å². The van der Waals surface area contributed by atoms with E-state index in [1.807, 2.05) is 38.5 Å². The summed E-state index contributed by atoms with van der Waals surface area (Å²) in [5.41, 5.74) is 1.26. The van der Waals surface area contributed by atoms with Gasteiger partial charge >= 0.3 is 6.03 Å². The number of aryl methyl sites for hydroxylation is 1. The van der Waals surface area contributed by atoms with Crippen LogP contribution in [0.4, 0.5) is 10.5 Å². The number of thiazole rings is 1. The average molecular weight is 474 g/mol. The molecule has 0 aliphatic rings. The third-order valence-electron chi connectivity index (χ3n) is 4.45. The molecule has 0 aliphatic heterocycles. The number of rotatable bonds is 6. The number of anilines is 1. The number of urea groups is 1. The molecule has 2 rings (SSSR count). The molecule has 0 atom stereocenters. The lowest BCUT2D eigenvalue weighted by Crippen LogP contribution is -2.35. The number of hydrogen-bond donors (Lipinski definition) is 3. The Bertz CT molecular complexity index is 1050. The Hall–Kier alpha value is -1.68. The first-order valence-electron chi connectivity index (χ1n) is 9.51. The normalized spacial score (nSPS) is 12.5. The van der Waals surface area contributed by atoms with E-state index in [9.17, 15) is 18.3 Å². The third kappa shape index (κ3) is 5.32. The van der Waals surface area contributed by atoms with Crippen molar-refractivity contribution in [3.05, 3.63) is 38.9 Å². The zero-order chi connectivity index (χ0) is 23.0. The number of carbonyl (C=O) groups excluding carboxylic acids is 1. The quantitative estimate of drug-likeness (QED) is 0.541. The van der Waals surface area contributed by atoms with Crippen molar-refractivity contribution in [1.82, 2.24) is 9.71 Å². The van der Waals surface area contributed by atoms with Gasteiger partial charge in [-0.1, -0.05) is 45.4 Å². The summed E-state index contributed by atoms with van der Waals surface area (Å²) in [5.74, 6) is 0.0988. The van der Waals surface area contributed by atoms with Gasteiger partial charge in [0.15, 0.2) is 0 Å². The lowest BCUT2D eigenvalue weighted by molar-refractivity contribution is 0.0817. The van der Waals surface area contributed by atoms with E-state index in [-0.39, 0.29) is 16.2 Å². The molecule has 3 N–H and O–H groups in total. The molecule has 7 nitrogen and oxygen atoms in total. The lowest BCUT2D eigenvalue weighted by Gasteiger charge is -2.21. The highest BCUT2D eigenvalue weighted by molar-refractivity contribution is 7.92. The average Bonchev–Trinajstić information content (AvgIpc) is 2.96. The van der Waals surface area contributed by atoms with E-state index >= 15 is 0 Å². The molecule has 0 unspecified atom stereocenters. The van der Waals surface area contributed by atoms with Gasteiger partial charge in [0.2, 0.25) is 4.34 Å². The molecular formula is C20H28ClN3O4S2. The molecule has 0 fully saturated rings. The lowest BCUT2D eigenvalue weighted by atomic mass is 9.92. The maximum Gasteiger partial charge on any atom is 0.333 e. The molecule has 166 valence electrons. The maximum atomic E-state index is 12.7. The van der Waals surface area contributed by atoms with Crippen LogP contribution < -0.4 is 10.0 Å². The number of halogens is 1. The Morgan fingerprint density at radius 2 is 1.80 bits per heavy atom. The smallest absolute Gasteiger partial charge is 0.333 e. The molecular weight excluding hydrogens is 446 g/mol. The molecule has 0 saturated carbocycles. The number of nitrogens with one attached hydrogen (secondary N) is 2. The first kappa shape index (κ1) is 24.6. The number of aliphatic hydroxyl groups is 1. The predicted octanol–water partition coefficient (Wildman–Crippen LogP) is 5.09. The monoisotopic (exact) mass is 473 g/mol. The molecule has 0 saturated heterocycles. The minimum atomic E-state index is -4.22. The van der Waals surface area contributed by atoms with Crippen LogP contribution in [0.5, 0.6) is 0 Å². The second kappa shape index (κ2) is 8.82. The fourth-order valence-corrected chi connectivity index (χ4v) is 5.78. The van der Waals surface area contributed by atoms with E-state index < -0.39 is 21.7 Å². The van der Waals surface area contributed by atoms with Gasteiger partial charge in [-0.2, -0.15) is 8.42 Å². The van der Waals surface area contributed by atoms with Crippen LogP contribution in [0.2, 0.25) is 5.02 Å². The zero-order valence-corrected chi connectivity index (χ0v) is 20.5. The van der Waals surface area contributed by atoms with Crippen molar-refractivity contribution in [1.29, 1.82) is 0 Å². The standard InChI is InChI=1S/C20H28ClN3O4S2/c1-10(2)13-8-9-14(21)15(11(3)4)16(13)23-18(25)24-30(27,28)19-22-12(5)17(29-19)20(6,7)26/h8-11,26H,1-7H3,(H2,23,24,25). The molecule has 0 aliphatic carbocycles. The number of hydrogen-bond acceptors (Lipinski definition) is 6. The van der Waals surface area contributed by atoms with Gasteiger partial charge in [0, 0.05) is 5.02 Å².